The molecule has 6 rings (SSSR count). The molecule has 0 saturated carbocycles. The Morgan fingerprint density at radius 1 is 1.11 bits per heavy atom. The highest BCUT2D eigenvalue weighted by Gasteiger charge is 2.38. The molecule has 5 nitrogen and oxygen atoms in total. The number of benzene rings is 1. The van der Waals surface area contributed by atoms with Crippen LogP contribution in [0.3, 0.4) is 0 Å². The van der Waals surface area contributed by atoms with E-state index in [-0.39, 0.29) is 11.7 Å². The van der Waals surface area contributed by atoms with Crippen LogP contribution in [-0.4, -0.2) is 20.1 Å². The number of fused-ring (bicyclic) bond motifs is 4. The Balaban J connectivity index is 0.000000514. The van der Waals surface area contributed by atoms with Gasteiger partial charge in [0.15, 0.2) is 5.82 Å². The van der Waals surface area contributed by atoms with Crippen molar-refractivity contribution in [3.63, 3.8) is 0 Å². The highest BCUT2D eigenvalue weighted by molar-refractivity contribution is 5.69. The maximum absolute atomic E-state index is 14.8. The number of hydrogen-bond acceptors (Lipinski definition) is 5. The van der Waals surface area contributed by atoms with Gasteiger partial charge in [0.25, 0.3) is 0 Å². The van der Waals surface area contributed by atoms with Crippen molar-refractivity contribution in [3.8, 4) is 22.6 Å². The highest BCUT2D eigenvalue weighted by atomic mass is 19.1. The van der Waals surface area contributed by atoms with Crippen LogP contribution < -0.4 is 0 Å². The minimum atomic E-state index is -0.667. The lowest BCUT2D eigenvalue weighted by molar-refractivity contribution is 0.289. The molecule has 0 bridgehead atoms. The zero-order valence-electron chi connectivity index (χ0n) is 21.5. The summed E-state index contributed by atoms with van der Waals surface area (Å²) in [5.74, 6) is 2.56. The van der Waals surface area contributed by atoms with Crippen molar-refractivity contribution in [2.45, 2.75) is 65.5 Å². The van der Waals surface area contributed by atoms with Gasteiger partial charge in [-0.15, -0.1) is 0 Å². The molecule has 4 aromatic rings. The first-order valence-electron chi connectivity index (χ1n) is 13.1. The molecule has 0 saturated heterocycles. The van der Waals surface area contributed by atoms with E-state index in [4.69, 9.17) is 14.5 Å². The fraction of sp³-hybridized carbons (Fsp3) is 0.400. The van der Waals surface area contributed by atoms with Crippen LogP contribution in [0.2, 0.25) is 0 Å². The van der Waals surface area contributed by atoms with Gasteiger partial charge in [0.2, 0.25) is 0 Å². The van der Waals surface area contributed by atoms with E-state index in [1.54, 1.807) is 36.7 Å². The molecule has 192 valence electrons. The molecule has 3 aromatic heterocycles. The molecule has 0 radical (unpaired) electrons. The molecule has 0 fully saturated rings. The van der Waals surface area contributed by atoms with E-state index in [1.165, 1.54) is 12.5 Å². The van der Waals surface area contributed by atoms with Gasteiger partial charge in [-0.1, -0.05) is 44.5 Å². The molecule has 0 spiro atoms. The van der Waals surface area contributed by atoms with Gasteiger partial charge < -0.3 is 4.52 Å². The van der Waals surface area contributed by atoms with Gasteiger partial charge in [0, 0.05) is 40.8 Å². The van der Waals surface area contributed by atoms with Crippen molar-refractivity contribution in [2.24, 2.45) is 11.8 Å². The minimum absolute atomic E-state index is 0.181. The Bertz CT molecular complexity index is 1380. The average Bonchev–Trinajstić information content (AvgIpc) is 3.39. The number of rotatable bonds is 4. The third kappa shape index (κ3) is 5.17. The Morgan fingerprint density at radius 2 is 1.92 bits per heavy atom. The van der Waals surface area contributed by atoms with Crippen molar-refractivity contribution in [2.75, 3.05) is 0 Å². The summed E-state index contributed by atoms with van der Waals surface area (Å²) in [6, 6.07) is 10.1. The molecular weight excluding hydrogens is 470 g/mol. The van der Waals surface area contributed by atoms with E-state index in [9.17, 15) is 8.78 Å². The summed E-state index contributed by atoms with van der Waals surface area (Å²) >= 11 is 0. The minimum Gasteiger partial charge on any atom is -0.361 e. The first kappa shape index (κ1) is 25.2. The molecule has 2 aliphatic rings. The summed E-state index contributed by atoms with van der Waals surface area (Å²) in [6.45, 7) is 5.98. The number of halogens is 2. The lowest BCUT2D eigenvalue weighted by Crippen LogP contribution is -2.30. The molecule has 0 amide bonds. The Morgan fingerprint density at radius 3 is 2.68 bits per heavy atom. The van der Waals surface area contributed by atoms with E-state index in [1.807, 2.05) is 6.07 Å². The SMILES string of the molecule is CCC(C)C.FCc1cc(-c2nc(-c3ccccc3F)c3c(n2)C2Cc4cnoc4C[C@H]2CC3)ccn1. The van der Waals surface area contributed by atoms with Crippen LogP contribution in [0.15, 0.2) is 53.3 Å². The van der Waals surface area contributed by atoms with Crippen molar-refractivity contribution < 1.29 is 13.3 Å². The van der Waals surface area contributed by atoms with Crippen LogP contribution >= 0.6 is 0 Å². The highest BCUT2D eigenvalue weighted by Crippen LogP contribution is 2.46. The van der Waals surface area contributed by atoms with E-state index in [0.29, 0.717) is 34.3 Å². The van der Waals surface area contributed by atoms with Gasteiger partial charge in [0.1, 0.15) is 18.3 Å². The maximum Gasteiger partial charge on any atom is 0.160 e. The molecule has 2 aliphatic carbocycles. The van der Waals surface area contributed by atoms with Crippen molar-refractivity contribution in [1.29, 1.82) is 0 Å². The van der Waals surface area contributed by atoms with Crippen LogP contribution in [0.4, 0.5) is 8.78 Å². The summed E-state index contributed by atoms with van der Waals surface area (Å²) in [4.78, 5) is 13.8. The molecule has 37 heavy (non-hydrogen) atoms. The predicted molar refractivity (Wildman–Crippen MR) is 139 cm³/mol. The summed E-state index contributed by atoms with van der Waals surface area (Å²) < 4.78 is 33.5. The summed E-state index contributed by atoms with van der Waals surface area (Å²) in [7, 11) is 0. The fourth-order valence-electron chi connectivity index (χ4n) is 5.11. The second-order valence-corrected chi connectivity index (χ2v) is 10.3. The fourth-order valence-corrected chi connectivity index (χ4v) is 5.11. The molecule has 0 N–H and O–H groups in total. The van der Waals surface area contributed by atoms with Crippen LogP contribution in [0.1, 0.15) is 67.8 Å². The Kier molecular flexibility index (Phi) is 7.40. The normalized spacial score (nSPS) is 17.9. The van der Waals surface area contributed by atoms with Crippen molar-refractivity contribution >= 4 is 0 Å². The largest absolute Gasteiger partial charge is 0.361 e. The molecule has 2 atom stereocenters. The topological polar surface area (TPSA) is 64.7 Å². The van der Waals surface area contributed by atoms with Gasteiger partial charge in [-0.25, -0.2) is 18.7 Å². The molecule has 1 aromatic carbocycles. The molecule has 7 heteroatoms. The molecule has 0 aliphatic heterocycles. The monoisotopic (exact) mass is 502 g/mol. The lowest BCUT2D eigenvalue weighted by atomic mass is 9.69. The van der Waals surface area contributed by atoms with Crippen molar-refractivity contribution in [1.82, 2.24) is 20.1 Å². The number of nitrogens with zero attached hydrogens (tertiary/aromatic N) is 4. The smallest absolute Gasteiger partial charge is 0.160 e. The average molecular weight is 503 g/mol. The predicted octanol–water partition coefficient (Wildman–Crippen LogP) is 7.30. The molecule has 1 unspecified atom stereocenters. The number of alkyl halides is 1. The van der Waals surface area contributed by atoms with Crippen LogP contribution in [0.5, 0.6) is 0 Å². The quantitative estimate of drug-likeness (QED) is 0.293. The molecular formula is C30H32F2N4O. The Labute approximate surface area is 216 Å². The van der Waals surface area contributed by atoms with E-state index < -0.39 is 6.67 Å². The second-order valence-electron chi connectivity index (χ2n) is 10.3. The first-order chi connectivity index (χ1) is 18.0. The van der Waals surface area contributed by atoms with Gasteiger partial charge in [-0.2, -0.15) is 0 Å². The number of hydrogen-bond donors (Lipinski definition) is 0. The zero-order chi connectivity index (χ0) is 25.9. The Hall–Kier alpha value is -3.48. The van der Waals surface area contributed by atoms with E-state index >= 15 is 0 Å². The lowest BCUT2D eigenvalue weighted by Gasteiger charge is -2.36. The van der Waals surface area contributed by atoms with Crippen LogP contribution in [0, 0.1) is 17.7 Å². The van der Waals surface area contributed by atoms with Gasteiger partial charge in [-0.3, -0.25) is 4.98 Å². The maximum atomic E-state index is 14.8. The second kappa shape index (κ2) is 10.9. The van der Waals surface area contributed by atoms with Gasteiger partial charge >= 0.3 is 0 Å². The molecule has 3 heterocycles. The zero-order valence-corrected chi connectivity index (χ0v) is 21.5. The van der Waals surface area contributed by atoms with Crippen LogP contribution in [0.25, 0.3) is 22.6 Å². The van der Waals surface area contributed by atoms with E-state index in [0.717, 1.165) is 54.2 Å². The van der Waals surface area contributed by atoms with Crippen LogP contribution in [-0.2, 0) is 25.9 Å². The number of aromatic nitrogens is 4. The summed E-state index contributed by atoms with van der Waals surface area (Å²) in [5, 5.41) is 3.98. The van der Waals surface area contributed by atoms with Crippen molar-refractivity contribution in [3.05, 3.63) is 82.9 Å². The first-order valence-corrected chi connectivity index (χ1v) is 13.1. The van der Waals surface area contributed by atoms with Gasteiger partial charge in [0.05, 0.1) is 23.3 Å². The third-order valence-corrected chi connectivity index (χ3v) is 7.50. The van der Waals surface area contributed by atoms with E-state index in [2.05, 4.69) is 30.9 Å². The standard InChI is InChI=1S/C25H20F2N4O.C5H12/c26-12-17-9-15(7-8-28-17)25-30-23(18-3-1-2-4-21(18)27)19-6-5-14-11-22-16(13-29-32-22)10-20(14)24(19)31-25;1-4-5(2)3/h1-4,7-9,13-14,20H,5-6,10-12H2;5H,4H2,1-3H3/t14-,20?;/m1./s1. The summed E-state index contributed by atoms with van der Waals surface area (Å²) in [5.41, 5.74) is 5.14. The number of pyridine rings is 1. The third-order valence-electron chi connectivity index (χ3n) is 7.50. The van der Waals surface area contributed by atoms with Gasteiger partial charge in [-0.05, 0) is 55.4 Å². The summed E-state index contributed by atoms with van der Waals surface area (Å²) in [6.07, 6.45) is 8.00.